The van der Waals surface area contributed by atoms with Gasteiger partial charge in [-0.15, -0.1) is 11.8 Å². The van der Waals surface area contributed by atoms with Gasteiger partial charge in [0.05, 0.1) is 5.37 Å². The van der Waals surface area contributed by atoms with Crippen molar-refractivity contribution in [2.24, 2.45) is 7.05 Å². The number of carboxylic acids is 1. The number of hydrogen-bond donors (Lipinski definition) is 2. The van der Waals surface area contributed by atoms with Crippen molar-refractivity contribution in [3.05, 3.63) is 71.4 Å². The maximum Gasteiger partial charge on any atom is 0.412 e. The molecule has 35 heavy (non-hydrogen) atoms. The first kappa shape index (κ1) is 23.0. The predicted octanol–water partition coefficient (Wildman–Crippen LogP) is 3.77. The topological polar surface area (TPSA) is 114 Å². The summed E-state index contributed by atoms with van der Waals surface area (Å²) in [6.07, 6.45) is -0.683. The number of anilines is 1. The van der Waals surface area contributed by atoms with Crippen LogP contribution in [0.25, 0.3) is 11.1 Å². The standard InChI is InChI=1S/C25H24N4O5S/c1-14-29(21(13-35-14)24(31)32)23(30)20-11-22(27-28(20)2)26-25(33)34-12-19-17-9-5-3-7-15(17)16-8-4-6-10-18(16)19/h3-11,14,19,21H,12-13H2,1-2H3,(H,31,32)(H,26,27,33). The van der Waals surface area contributed by atoms with Gasteiger partial charge in [0.1, 0.15) is 18.3 Å². The number of carbonyl (C=O) groups excluding carboxylic acids is 2. The molecule has 10 heteroatoms. The van der Waals surface area contributed by atoms with Crippen molar-refractivity contribution in [2.75, 3.05) is 17.7 Å². The minimum absolute atomic E-state index is 0.0730. The monoisotopic (exact) mass is 492 g/mol. The van der Waals surface area contributed by atoms with Gasteiger partial charge in [0.2, 0.25) is 0 Å². The van der Waals surface area contributed by atoms with E-state index in [4.69, 9.17) is 4.74 Å². The van der Waals surface area contributed by atoms with E-state index in [-0.39, 0.29) is 29.4 Å². The van der Waals surface area contributed by atoms with Gasteiger partial charge in [-0.2, -0.15) is 5.10 Å². The molecule has 1 aliphatic heterocycles. The number of carboxylic acid groups (broad SMARTS) is 1. The van der Waals surface area contributed by atoms with Gasteiger partial charge in [-0.05, 0) is 29.2 Å². The van der Waals surface area contributed by atoms with Gasteiger partial charge < -0.3 is 14.7 Å². The van der Waals surface area contributed by atoms with E-state index < -0.39 is 24.0 Å². The Labute approximate surface area is 206 Å². The molecule has 2 atom stereocenters. The van der Waals surface area contributed by atoms with Gasteiger partial charge in [0.25, 0.3) is 5.91 Å². The third-order valence-corrected chi connectivity index (χ3v) is 7.63. The van der Waals surface area contributed by atoms with Gasteiger partial charge >= 0.3 is 12.1 Å². The first-order valence-corrected chi connectivity index (χ1v) is 12.2. The molecular weight excluding hydrogens is 468 g/mol. The highest BCUT2D eigenvalue weighted by Gasteiger charge is 2.41. The summed E-state index contributed by atoms with van der Waals surface area (Å²) in [6, 6.07) is 16.7. The number of ether oxygens (including phenoxy) is 1. The van der Waals surface area contributed by atoms with E-state index in [0.717, 1.165) is 22.3 Å². The fourth-order valence-corrected chi connectivity index (χ4v) is 5.91. The fraction of sp³-hybridized carbons (Fsp3) is 0.280. The van der Waals surface area contributed by atoms with Gasteiger partial charge in [0, 0.05) is 24.8 Å². The van der Waals surface area contributed by atoms with E-state index in [1.54, 1.807) is 14.0 Å². The fourth-order valence-electron chi connectivity index (χ4n) is 4.74. The van der Waals surface area contributed by atoms with Gasteiger partial charge in [-0.1, -0.05) is 48.5 Å². The normalized spacial score (nSPS) is 18.7. The van der Waals surface area contributed by atoms with Crippen LogP contribution in [-0.2, 0) is 16.6 Å². The Morgan fingerprint density at radius 1 is 1.11 bits per heavy atom. The third kappa shape index (κ3) is 4.14. The molecule has 180 valence electrons. The average molecular weight is 493 g/mol. The lowest BCUT2D eigenvalue weighted by Gasteiger charge is -2.24. The predicted molar refractivity (Wildman–Crippen MR) is 131 cm³/mol. The summed E-state index contributed by atoms with van der Waals surface area (Å²) >= 11 is 1.40. The molecule has 1 aliphatic carbocycles. The summed E-state index contributed by atoms with van der Waals surface area (Å²) in [5.74, 6) is -1.10. The molecule has 2 N–H and O–H groups in total. The van der Waals surface area contributed by atoms with E-state index in [1.807, 2.05) is 36.4 Å². The van der Waals surface area contributed by atoms with Gasteiger partial charge in [-0.25, -0.2) is 9.59 Å². The van der Waals surface area contributed by atoms with E-state index in [0.29, 0.717) is 5.75 Å². The number of rotatable bonds is 5. The number of fused-ring (bicyclic) bond motifs is 3. The molecule has 2 amide bonds. The van der Waals surface area contributed by atoms with E-state index in [1.165, 1.54) is 27.4 Å². The zero-order valence-electron chi connectivity index (χ0n) is 19.2. The summed E-state index contributed by atoms with van der Waals surface area (Å²) in [6.45, 7) is 1.94. The molecular formula is C25H24N4O5S. The average Bonchev–Trinajstić information content (AvgIpc) is 3.50. The number of thioether (sulfide) groups is 1. The number of nitrogens with zero attached hydrogens (tertiary/aromatic N) is 3. The zero-order chi connectivity index (χ0) is 24.7. The van der Waals surface area contributed by atoms with Crippen LogP contribution in [-0.4, -0.2) is 61.5 Å². The van der Waals surface area contributed by atoms with Crippen LogP contribution in [0.15, 0.2) is 54.6 Å². The van der Waals surface area contributed by atoms with Crippen molar-refractivity contribution in [3.8, 4) is 11.1 Å². The molecule has 3 aromatic rings. The highest BCUT2D eigenvalue weighted by molar-refractivity contribution is 8.00. The lowest BCUT2D eigenvalue weighted by atomic mass is 9.98. The highest BCUT2D eigenvalue weighted by Crippen LogP contribution is 2.44. The summed E-state index contributed by atoms with van der Waals surface area (Å²) in [7, 11) is 1.57. The van der Waals surface area contributed by atoms with E-state index in [9.17, 15) is 19.5 Å². The second kappa shape index (κ2) is 9.10. The molecule has 2 aliphatic rings. The minimum Gasteiger partial charge on any atom is -0.480 e. The van der Waals surface area contributed by atoms with Crippen LogP contribution >= 0.6 is 11.8 Å². The molecule has 2 aromatic carbocycles. The number of aromatic nitrogens is 2. The van der Waals surface area contributed by atoms with Crippen LogP contribution in [0.3, 0.4) is 0 Å². The molecule has 0 radical (unpaired) electrons. The zero-order valence-corrected chi connectivity index (χ0v) is 20.0. The van der Waals surface area contributed by atoms with Crippen LogP contribution in [0.1, 0.15) is 34.5 Å². The van der Waals surface area contributed by atoms with Crippen LogP contribution in [0.5, 0.6) is 0 Å². The van der Waals surface area contributed by atoms with E-state index in [2.05, 4.69) is 22.5 Å². The lowest BCUT2D eigenvalue weighted by molar-refractivity contribution is -0.141. The first-order valence-electron chi connectivity index (χ1n) is 11.2. The van der Waals surface area contributed by atoms with E-state index >= 15 is 0 Å². The number of amides is 2. The second-order valence-corrected chi connectivity index (χ2v) is 9.84. The molecule has 1 fully saturated rings. The Balaban J connectivity index is 1.27. The summed E-state index contributed by atoms with van der Waals surface area (Å²) < 4.78 is 6.87. The Morgan fingerprint density at radius 2 is 1.74 bits per heavy atom. The summed E-state index contributed by atoms with van der Waals surface area (Å²) in [5, 5.41) is 16.0. The number of carbonyl (C=O) groups is 3. The molecule has 9 nitrogen and oxygen atoms in total. The maximum atomic E-state index is 13.1. The quantitative estimate of drug-likeness (QED) is 0.557. The number of nitrogens with one attached hydrogen (secondary N) is 1. The Kier molecular flexibility index (Phi) is 5.98. The molecule has 0 bridgehead atoms. The van der Waals surface area contributed by atoms with Crippen LogP contribution in [0.4, 0.5) is 10.6 Å². The lowest BCUT2D eigenvalue weighted by Crippen LogP contribution is -2.45. The SMILES string of the molecule is CC1SCC(C(=O)O)N1C(=O)c1cc(NC(=O)OCC2c3ccccc3-c3ccccc32)nn1C. The molecule has 5 rings (SSSR count). The summed E-state index contributed by atoms with van der Waals surface area (Å²) in [5.41, 5.74) is 4.67. The Morgan fingerprint density at radius 3 is 2.37 bits per heavy atom. The molecule has 0 saturated carbocycles. The first-order chi connectivity index (χ1) is 16.8. The van der Waals surface area contributed by atoms with Crippen molar-refractivity contribution < 1.29 is 24.2 Å². The number of benzene rings is 2. The van der Waals surface area contributed by atoms with Crippen molar-refractivity contribution in [3.63, 3.8) is 0 Å². The maximum absolute atomic E-state index is 13.1. The number of aryl methyl sites for hydroxylation is 1. The smallest absolute Gasteiger partial charge is 0.412 e. The van der Waals surface area contributed by atoms with Crippen molar-refractivity contribution in [1.29, 1.82) is 0 Å². The molecule has 0 spiro atoms. The van der Waals surface area contributed by atoms with Crippen molar-refractivity contribution >= 4 is 35.5 Å². The van der Waals surface area contributed by atoms with Crippen LogP contribution in [0.2, 0.25) is 0 Å². The third-order valence-electron chi connectivity index (χ3n) is 6.42. The molecule has 1 saturated heterocycles. The number of hydrogen-bond acceptors (Lipinski definition) is 6. The van der Waals surface area contributed by atoms with Crippen molar-refractivity contribution in [2.45, 2.75) is 24.3 Å². The van der Waals surface area contributed by atoms with Crippen molar-refractivity contribution in [1.82, 2.24) is 14.7 Å². The molecule has 2 unspecified atom stereocenters. The Hall–Kier alpha value is -3.79. The summed E-state index contributed by atoms with van der Waals surface area (Å²) in [4.78, 5) is 38.5. The molecule has 1 aromatic heterocycles. The molecule has 2 heterocycles. The highest BCUT2D eigenvalue weighted by atomic mass is 32.2. The van der Waals surface area contributed by atoms with Gasteiger partial charge in [0.15, 0.2) is 5.82 Å². The second-order valence-electron chi connectivity index (χ2n) is 8.49. The van der Waals surface area contributed by atoms with Crippen LogP contribution in [0, 0.1) is 0 Å². The van der Waals surface area contributed by atoms with Crippen LogP contribution < -0.4 is 5.32 Å². The van der Waals surface area contributed by atoms with Gasteiger partial charge in [-0.3, -0.25) is 14.8 Å². The minimum atomic E-state index is -1.05. The largest absolute Gasteiger partial charge is 0.480 e. The Bertz CT molecular complexity index is 1280. The number of aliphatic carboxylic acids is 1.